The van der Waals surface area contributed by atoms with Crippen molar-refractivity contribution in [3.8, 4) is 0 Å². The molecule has 0 saturated heterocycles. The van der Waals surface area contributed by atoms with Crippen LogP contribution < -0.4 is 5.32 Å². The molecule has 0 bridgehead atoms. The molecule has 1 N–H and O–H groups in total. The van der Waals surface area contributed by atoms with E-state index >= 15 is 0 Å². The van der Waals surface area contributed by atoms with Crippen molar-refractivity contribution in [1.82, 2.24) is 9.97 Å². The molecule has 1 fully saturated rings. The second-order valence-electron chi connectivity index (χ2n) is 5.47. The average molecular weight is 261 g/mol. The summed E-state index contributed by atoms with van der Waals surface area (Å²) in [5.41, 5.74) is 1.05. The van der Waals surface area contributed by atoms with E-state index in [0.717, 1.165) is 23.2 Å². The number of thiophene rings is 1. The van der Waals surface area contributed by atoms with Gasteiger partial charge in [-0.1, -0.05) is 13.8 Å². The summed E-state index contributed by atoms with van der Waals surface area (Å²) in [7, 11) is 0. The molecule has 4 heteroatoms. The van der Waals surface area contributed by atoms with E-state index < -0.39 is 0 Å². The lowest BCUT2D eigenvalue weighted by molar-refractivity contribution is 0.260. The summed E-state index contributed by atoms with van der Waals surface area (Å²) < 4.78 is 1.18. The summed E-state index contributed by atoms with van der Waals surface area (Å²) in [6.45, 7) is 4.72. The number of fused-ring (bicyclic) bond motifs is 1. The van der Waals surface area contributed by atoms with Crippen molar-refractivity contribution < 1.29 is 0 Å². The Kier molecular flexibility index (Phi) is 3.20. The Hall–Kier alpha value is -1.16. The fourth-order valence-electron chi connectivity index (χ4n) is 2.76. The maximum absolute atomic E-state index is 4.41. The van der Waals surface area contributed by atoms with Crippen LogP contribution in [0, 0.1) is 11.8 Å². The Labute approximate surface area is 112 Å². The molecule has 3 nitrogen and oxygen atoms in total. The molecule has 96 valence electrons. The first kappa shape index (κ1) is 11.9. The summed E-state index contributed by atoms with van der Waals surface area (Å²) in [6.07, 6.45) is 5.48. The van der Waals surface area contributed by atoms with Gasteiger partial charge in [-0.3, -0.25) is 0 Å². The van der Waals surface area contributed by atoms with Gasteiger partial charge in [0, 0.05) is 6.04 Å². The van der Waals surface area contributed by atoms with E-state index in [1.165, 1.54) is 24.0 Å². The van der Waals surface area contributed by atoms with Crippen LogP contribution in [-0.2, 0) is 0 Å². The molecule has 2 aromatic rings. The molecule has 1 saturated carbocycles. The minimum Gasteiger partial charge on any atom is -0.366 e. The highest BCUT2D eigenvalue weighted by Crippen LogP contribution is 2.32. The van der Waals surface area contributed by atoms with Gasteiger partial charge >= 0.3 is 0 Å². The second-order valence-corrected chi connectivity index (χ2v) is 6.38. The van der Waals surface area contributed by atoms with Gasteiger partial charge in [-0.15, -0.1) is 11.3 Å². The summed E-state index contributed by atoms with van der Waals surface area (Å²) in [4.78, 5) is 8.69. The Morgan fingerprint density at radius 3 is 2.94 bits per heavy atom. The molecule has 2 aromatic heterocycles. The van der Waals surface area contributed by atoms with E-state index in [1.54, 1.807) is 17.7 Å². The van der Waals surface area contributed by atoms with Crippen LogP contribution in [0.5, 0.6) is 0 Å². The van der Waals surface area contributed by atoms with Gasteiger partial charge < -0.3 is 5.32 Å². The van der Waals surface area contributed by atoms with Crippen LogP contribution in [0.2, 0.25) is 0 Å². The van der Waals surface area contributed by atoms with Gasteiger partial charge in [0.1, 0.15) is 12.1 Å². The maximum Gasteiger partial charge on any atom is 0.147 e. The van der Waals surface area contributed by atoms with Gasteiger partial charge in [0.2, 0.25) is 0 Å². The van der Waals surface area contributed by atoms with E-state index in [2.05, 4.69) is 40.6 Å². The Balaban J connectivity index is 1.78. The quantitative estimate of drug-likeness (QED) is 0.890. The molecule has 2 heterocycles. The van der Waals surface area contributed by atoms with Crippen molar-refractivity contribution in [1.29, 1.82) is 0 Å². The number of hydrogen-bond acceptors (Lipinski definition) is 4. The third kappa shape index (κ3) is 2.21. The Bertz CT molecular complexity index is 537. The molecular weight excluding hydrogens is 242 g/mol. The molecule has 0 spiro atoms. The zero-order valence-corrected chi connectivity index (χ0v) is 11.7. The first-order chi connectivity index (χ1) is 8.74. The molecule has 0 amide bonds. The van der Waals surface area contributed by atoms with Crippen LogP contribution in [0.25, 0.3) is 10.2 Å². The largest absolute Gasteiger partial charge is 0.366 e. The van der Waals surface area contributed by atoms with Crippen molar-refractivity contribution in [2.45, 2.75) is 39.2 Å². The maximum atomic E-state index is 4.41. The zero-order chi connectivity index (χ0) is 12.5. The lowest BCUT2D eigenvalue weighted by Crippen LogP contribution is -2.30. The fourth-order valence-corrected chi connectivity index (χ4v) is 3.56. The third-order valence-corrected chi connectivity index (χ3v) is 5.09. The smallest absolute Gasteiger partial charge is 0.147 e. The molecule has 1 aliphatic rings. The first-order valence-corrected chi connectivity index (χ1v) is 7.56. The van der Waals surface area contributed by atoms with Crippen LogP contribution in [0.15, 0.2) is 17.8 Å². The first-order valence-electron chi connectivity index (χ1n) is 6.69. The van der Waals surface area contributed by atoms with E-state index in [9.17, 15) is 0 Å². The van der Waals surface area contributed by atoms with Gasteiger partial charge in [-0.05, 0) is 42.5 Å². The minimum atomic E-state index is 0.566. The number of aromatic nitrogens is 2. The van der Waals surface area contributed by atoms with E-state index in [-0.39, 0.29) is 0 Å². The molecule has 3 atom stereocenters. The number of nitrogens with one attached hydrogen (secondary N) is 1. The van der Waals surface area contributed by atoms with Crippen molar-refractivity contribution in [2.24, 2.45) is 11.8 Å². The average Bonchev–Trinajstić information content (AvgIpc) is 2.83. The number of nitrogens with zero attached hydrogens (tertiary/aromatic N) is 2. The third-order valence-electron chi connectivity index (χ3n) is 4.18. The topological polar surface area (TPSA) is 37.8 Å². The van der Waals surface area contributed by atoms with Crippen LogP contribution in [0.3, 0.4) is 0 Å². The minimum absolute atomic E-state index is 0.566. The molecule has 0 aliphatic heterocycles. The second kappa shape index (κ2) is 4.84. The molecule has 3 rings (SSSR count). The van der Waals surface area contributed by atoms with Gasteiger partial charge in [0.15, 0.2) is 0 Å². The van der Waals surface area contributed by atoms with Crippen LogP contribution in [0.4, 0.5) is 5.82 Å². The van der Waals surface area contributed by atoms with Crippen molar-refractivity contribution >= 4 is 27.4 Å². The summed E-state index contributed by atoms with van der Waals surface area (Å²) in [6, 6.07) is 2.62. The predicted octanol–water partition coefficient (Wildman–Crippen LogP) is 3.93. The van der Waals surface area contributed by atoms with Gasteiger partial charge in [0.05, 0.1) is 10.2 Å². The zero-order valence-electron chi connectivity index (χ0n) is 10.9. The SMILES string of the molecule is CC1CCC(Nc2ncnc3ccsc23)CC1C. The molecule has 0 radical (unpaired) electrons. The molecule has 0 aromatic carbocycles. The number of rotatable bonds is 2. The van der Waals surface area contributed by atoms with Crippen LogP contribution >= 0.6 is 11.3 Å². The molecule has 1 aliphatic carbocycles. The van der Waals surface area contributed by atoms with Crippen LogP contribution in [0.1, 0.15) is 33.1 Å². The Morgan fingerprint density at radius 1 is 1.22 bits per heavy atom. The van der Waals surface area contributed by atoms with Gasteiger partial charge in [-0.2, -0.15) is 0 Å². The van der Waals surface area contributed by atoms with Gasteiger partial charge in [0.25, 0.3) is 0 Å². The van der Waals surface area contributed by atoms with Crippen molar-refractivity contribution in [2.75, 3.05) is 5.32 Å². The van der Waals surface area contributed by atoms with E-state index in [0.29, 0.717) is 6.04 Å². The van der Waals surface area contributed by atoms with Gasteiger partial charge in [-0.25, -0.2) is 9.97 Å². The molecule has 18 heavy (non-hydrogen) atoms. The molecule has 3 unspecified atom stereocenters. The number of hydrogen-bond donors (Lipinski definition) is 1. The predicted molar refractivity (Wildman–Crippen MR) is 77.0 cm³/mol. The monoisotopic (exact) mass is 261 g/mol. The normalized spacial score (nSPS) is 28.4. The lowest BCUT2D eigenvalue weighted by Gasteiger charge is -2.32. The highest BCUT2D eigenvalue weighted by Gasteiger charge is 2.25. The Morgan fingerprint density at radius 2 is 2.11 bits per heavy atom. The van der Waals surface area contributed by atoms with Crippen molar-refractivity contribution in [3.63, 3.8) is 0 Å². The summed E-state index contributed by atoms with van der Waals surface area (Å²) >= 11 is 1.72. The highest BCUT2D eigenvalue weighted by atomic mass is 32.1. The number of anilines is 1. The molecular formula is C14H19N3S. The van der Waals surface area contributed by atoms with E-state index in [1.807, 2.05) is 0 Å². The summed E-state index contributed by atoms with van der Waals surface area (Å²) in [5, 5.41) is 5.70. The highest BCUT2D eigenvalue weighted by molar-refractivity contribution is 7.17. The van der Waals surface area contributed by atoms with Crippen LogP contribution in [-0.4, -0.2) is 16.0 Å². The fraction of sp³-hybridized carbons (Fsp3) is 0.571. The van der Waals surface area contributed by atoms with Crippen molar-refractivity contribution in [3.05, 3.63) is 17.8 Å². The lowest BCUT2D eigenvalue weighted by atomic mass is 9.79. The summed E-state index contributed by atoms with van der Waals surface area (Å²) in [5.74, 6) is 2.67. The standard InChI is InChI=1S/C14H19N3S/c1-9-3-4-11(7-10(9)2)17-14-13-12(5-6-18-13)15-8-16-14/h5-6,8-11H,3-4,7H2,1-2H3,(H,15,16,17). The van der Waals surface area contributed by atoms with E-state index in [4.69, 9.17) is 0 Å².